The van der Waals surface area contributed by atoms with Gasteiger partial charge in [0.25, 0.3) is 0 Å². The maximum atomic E-state index is 12.4. The molecule has 1 aromatic carbocycles. The smallest absolute Gasteiger partial charge is 0.164 e. The Hall–Kier alpha value is -1.22. The Kier molecular flexibility index (Phi) is 4.69. The molecule has 1 fully saturated rings. The maximum Gasteiger partial charge on any atom is 0.164 e. The molecule has 4 heteroatoms. The van der Waals surface area contributed by atoms with E-state index in [1.165, 1.54) is 25.7 Å². The van der Waals surface area contributed by atoms with Crippen LogP contribution in [0.2, 0.25) is 5.02 Å². The van der Waals surface area contributed by atoms with Gasteiger partial charge in [0.1, 0.15) is 0 Å². The molecule has 0 aromatic heterocycles. The Morgan fingerprint density at radius 1 is 1.10 bits per heavy atom. The third-order valence-electron chi connectivity index (χ3n) is 4.39. The Labute approximate surface area is 130 Å². The molecule has 114 valence electrons. The largest absolute Gasteiger partial charge is 0.490 e. The number of carbonyl (C=O) groups excluding carboxylic acids is 1. The number of ether oxygens (including phenoxy) is 2. The van der Waals surface area contributed by atoms with Gasteiger partial charge in [-0.2, -0.15) is 0 Å². The molecule has 0 radical (unpaired) electrons. The number of halogens is 1. The summed E-state index contributed by atoms with van der Waals surface area (Å²) in [6, 6.07) is 3.46. The van der Waals surface area contributed by atoms with Crippen LogP contribution in [-0.2, 0) is 0 Å². The fourth-order valence-electron chi connectivity index (χ4n) is 3.17. The van der Waals surface area contributed by atoms with E-state index in [0.29, 0.717) is 47.6 Å². The molecule has 3 rings (SSSR count). The summed E-state index contributed by atoms with van der Waals surface area (Å²) < 4.78 is 11.2. The summed E-state index contributed by atoms with van der Waals surface area (Å²) in [4.78, 5) is 12.4. The highest BCUT2D eigenvalue weighted by Gasteiger charge is 2.20. The van der Waals surface area contributed by atoms with Crippen molar-refractivity contribution < 1.29 is 14.3 Å². The molecule has 0 amide bonds. The molecule has 1 saturated carbocycles. The first kappa shape index (κ1) is 14.7. The molecule has 0 atom stereocenters. The van der Waals surface area contributed by atoms with Crippen molar-refractivity contribution in [1.82, 2.24) is 0 Å². The van der Waals surface area contributed by atoms with Crippen LogP contribution >= 0.6 is 11.6 Å². The average molecular weight is 309 g/mol. The standard InChI is InChI=1S/C17H21ClO3/c18-14-11-17-16(20-8-3-9-21-17)10-13(14)15(19)7-6-12-4-1-2-5-12/h10-12H,1-9H2. The SMILES string of the molecule is O=C(CCC1CCCC1)c1cc2c(cc1Cl)OCCCO2. The third-order valence-corrected chi connectivity index (χ3v) is 4.70. The van der Waals surface area contributed by atoms with Gasteiger partial charge >= 0.3 is 0 Å². The second kappa shape index (κ2) is 6.69. The van der Waals surface area contributed by atoms with Gasteiger partial charge in [-0.1, -0.05) is 37.3 Å². The third kappa shape index (κ3) is 3.52. The van der Waals surface area contributed by atoms with E-state index < -0.39 is 0 Å². The number of benzene rings is 1. The van der Waals surface area contributed by atoms with Crippen molar-refractivity contribution in [3.63, 3.8) is 0 Å². The molecule has 2 aliphatic rings. The number of hydrogen-bond donors (Lipinski definition) is 0. The van der Waals surface area contributed by atoms with Crippen LogP contribution in [-0.4, -0.2) is 19.0 Å². The van der Waals surface area contributed by atoms with Crippen LogP contribution in [0.5, 0.6) is 11.5 Å². The normalized spacial score (nSPS) is 18.5. The highest BCUT2D eigenvalue weighted by atomic mass is 35.5. The number of Topliss-reactive ketones (excluding diaryl/α,β-unsaturated/α-hetero) is 1. The highest BCUT2D eigenvalue weighted by Crippen LogP contribution is 2.36. The first-order chi connectivity index (χ1) is 10.2. The summed E-state index contributed by atoms with van der Waals surface area (Å²) in [6.45, 7) is 1.24. The number of ketones is 1. The minimum atomic E-state index is 0.113. The van der Waals surface area contributed by atoms with E-state index in [4.69, 9.17) is 21.1 Å². The number of fused-ring (bicyclic) bond motifs is 1. The van der Waals surface area contributed by atoms with Gasteiger partial charge in [0.2, 0.25) is 0 Å². The minimum absolute atomic E-state index is 0.113. The summed E-state index contributed by atoms with van der Waals surface area (Å²) in [7, 11) is 0. The van der Waals surface area contributed by atoms with E-state index in [2.05, 4.69) is 0 Å². The van der Waals surface area contributed by atoms with E-state index in [0.717, 1.165) is 12.8 Å². The van der Waals surface area contributed by atoms with Crippen molar-refractivity contribution >= 4 is 17.4 Å². The van der Waals surface area contributed by atoms with Crippen molar-refractivity contribution in [3.05, 3.63) is 22.7 Å². The van der Waals surface area contributed by atoms with E-state index in [1.54, 1.807) is 12.1 Å². The van der Waals surface area contributed by atoms with Gasteiger partial charge in [-0.25, -0.2) is 0 Å². The van der Waals surface area contributed by atoms with Crippen molar-refractivity contribution in [1.29, 1.82) is 0 Å². The molecule has 3 nitrogen and oxygen atoms in total. The summed E-state index contributed by atoms with van der Waals surface area (Å²) in [5.74, 6) is 2.11. The first-order valence-electron chi connectivity index (χ1n) is 7.86. The predicted octanol–water partition coefficient (Wildman–Crippen LogP) is 4.65. The zero-order chi connectivity index (χ0) is 14.7. The van der Waals surface area contributed by atoms with Crippen LogP contribution in [0.15, 0.2) is 12.1 Å². The minimum Gasteiger partial charge on any atom is -0.490 e. The maximum absolute atomic E-state index is 12.4. The van der Waals surface area contributed by atoms with Gasteiger partial charge in [0.05, 0.1) is 18.2 Å². The molecule has 1 heterocycles. The fraction of sp³-hybridized carbons (Fsp3) is 0.588. The van der Waals surface area contributed by atoms with E-state index in [-0.39, 0.29) is 5.78 Å². The molecule has 0 unspecified atom stereocenters. The van der Waals surface area contributed by atoms with Gasteiger partial charge in [-0.3, -0.25) is 4.79 Å². The lowest BCUT2D eigenvalue weighted by Gasteiger charge is -2.12. The fourth-order valence-corrected chi connectivity index (χ4v) is 3.43. The molecular weight excluding hydrogens is 288 g/mol. The summed E-state index contributed by atoms with van der Waals surface area (Å²) in [5.41, 5.74) is 0.568. The topological polar surface area (TPSA) is 35.5 Å². The van der Waals surface area contributed by atoms with E-state index in [9.17, 15) is 4.79 Å². The lowest BCUT2D eigenvalue weighted by Crippen LogP contribution is -2.05. The zero-order valence-electron chi connectivity index (χ0n) is 12.2. The molecular formula is C17H21ClO3. The van der Waals surface area contributed by atoms with Crippen LogP contribution in [0, 0.1) is 5.92 Å². The molecule has 1 aliphatic heterocycles. The molecule has 0 N–H and O–H groups in total. The van der Waals surface area contributed by atoms with Crippen molar-refractivity contribution in [2.24, 2.45) is 5.92 Å². The Bertz CT molecular complexity index is 521. The van der Waals surface area contributed by atoms with Gasteiger partial charge in [0.15, 0.2) is 17.3 Å². The van der Waals surface area contributed by atoms with Crippen molar-refractivity contribution in [2.45, 2.75) is 44.9 Å². The van der Waals surface area contributed by atoms with Gasteiger partial charge in [-0.05, 0) is 18.4 Å². The Morgan fingerprint density at radius 3 is 2.48 bits per heavy atom. The summed E-state index contributed by atoms with van der Waals surface area (Å²) in [5, 5.41) is 0.468. The summed E-state index contributed by atoms with van der Waals surface area (Å²) in [6.07, 6.45) is 7.54. The van der Waals surface area contributed by atoms with E-state index >= 15 is 0 Å². The lowest BCUT2D eigenvalue weighted by atomic mass is 9.97. The van der Waals surface area contributed by atoms with Gasteiger partial charge in [-0.15, -0.1) is 0 Å². The van der Waals surface area contributed by atoms with E-state index in [1.807, 2.05) is 0 Å². The van der Waals surface area contributed by atoms with Crippen molar-refractivity contribution in [2.75, 3.05) is 13.2 Å². The van der Waals surface area contributed by atoms with Crippen LogP contribution < -0.4 is 9.47 Å². The molecule has 1 aromatic rings. The molecule has 0 saturated heterocycles. The van der Waals surface area contributed by atoms with Gasteiger partial charge in [0, 0.05) is 24.5 Å². The number of hydrogen-bond acceptors (Lipinski definition) is 3. The highest BCUT2D eigenvalue weighted by molar-refractivity contribution is 6.34. The second-order valence-electron chi connectivity index (χ2n) is 5.94. The Morgan fingerprint density at radius 2 is 1.76 bits per heavy atom. The van der Waals surface area contributed by atoms with Crippen molar-refractivity contribution in [3.8, 4) is 11.5 Å². The average Bonchev–Trinajstić information content (AvgIpc) is 2.89. The molecule has 0 spiro atoms. The molecule has 21 heavy (non-hydrogen) atoms. The van der Waals surface area contributed by atoms with Crippen LogP contribution in [0.25, 0.3) is 0 Å². The summed E-state index contributed by atoms with van der Waals surface area (Å²) >= 11 is 6.25. The Balaban J connectivity index is 1.71. The number of rotatable bonds is 4. The van der Waals surface area contributed by atoms with Crippen LogP contribution in [0.4, 0.5) is 0 Å². The number of carbonyl (C=O) groups is 1. The first-order valence-corrected chi connectivity index (χ1v) is 8.24. The quantitative estimate of drug-likeness (QED) is 0.759. The second-order valence-corrected chi connectivity index (χ2v) is 6.35. The zero-order valence-corrected chi connectivity index (χ0v) is 13.0. The van der Waals surface area contributed by atoms with Crippen LogP contribution in [0.3, 0.4) is 0 Å². The monoisotopic (exact) mass is 308 g/mol. The van der Waals surface area contributed by atoms with Crippen LogP contribution in [0.1, 0.15) is 55.3 Å². The van der Waals surface area contributed by atoms with Gasteiger partial charge < -0.3 is 9.47 Å². The molecule has 0 bridgehead atoms. The molecule has 1 aliphatic carbocycles. The lowest BCUT2D eigenvalue weighted by molar-refractivity contribution is 0.0973. The predicted molar refractivity (Wildman–Crippen MR) is 82.6 cm³/mol.